The van der Waals surface area contributed by atoms with Gasteiger partial charge < -0.3 is 39.2 Å². The molecule has 44 heavy (non-hydrogen) atoms. The summed E-state index contributed by atoms with van der Waals surface area (Å²) in [4.78, 5) is 26.3. The van der Waals surface area contributed by atoms with E-state index in [0.717, 1.165) is 5.56 Å². The summed E-state index contributed by atoms with van der Waals surface area (Å²) in [5.74, 6) is 1.29. The number of fused-ring (bicyclic) bond motifs is 1. The van der Waals surface area contributed by atoms with E-state index >= 15 is 0 Å². The number of carbonyl (C=O) groups excluding carboxylic acids is 2. The third-order valence-corrected chi connectivity index (χ3v) is 9.91. The summed E-state index contributed by atoms with van der Waals surface area (Å²) < 4.78 is 27.5. The molecular weight excluding hydrogens is 568 g/mol. The summed E-state index contributed by atoms with van der Waals surface area (Å²) in [5.41, 5.74) is 0.0263. The van der Waals surface area contributed by atoms with Gasteiger partial charge in [0.25, 0.3) is 0 Å². The zero-order valence-electron chi connectivity index (χ0n) is 26.5. The fourth-order valence-electron chi connectivity index (χ4n) is 7.52. The van der Waals surface area contributed by atoms with Crippen LogP contribution >= 0.6 is 0 Å². The van der Waals surface area contributed by atoms with Crippen molar-refractivity contribution in [1.82, 2.24) is 5.32 Å². The van der Waals surface area contributed by atoms with Crippen molar-refractivity contribution >= 4 is 17.7 Å². The topological polar surface area (TPSA) is 145 Å². The van der Waals surface area contributed by atoms with E-state index in [4.69, 9.17) is 23.7 Å². The van der Waals surface area contributed by atoms with Gasteiger partial charge in [0.15, 0.2) is 11.5 Å². The molecule has 2 saturated carbocycles. The molecule has 2 aromatic rings. The van der Waals surface area contributed by atoms with E-state index < -0.39 is 29.1 Å². The maximum Gasteiger partial charge on any atom is 0.411 e. The first kappa shape index (κ1) is 33.2. The number of aliphatic hydroxyl groups excluding tert-OH is 2. The second-order valence-electron chi connectivity index (χ2n) is 12.2. The fraction of sp³-hybridized carbons (Fsp3) is 0.576. The number of aliphatic hydroxyl groups is 2. The number of benzene rings is 2. The highest BCUT2D eigenvalue weighted by molar-refractivity contribution is 5.86. The van der Waals surface area contributed by atoms with Crippen LogP contribution in [0.2, 0.25) is 0 Å². The molecule has 0 heterocycles. The van der Waals surface area contributed by atoms with Crippen LogP contribution in [0, 0.1) is 22.7 Å². The minimum absolute atomic E-state index is 0.0943. The molecule has 4 N–H and O–H groups in total. The van der Waals surface area contributed by atoms with Crippen LogP contribution in [-0.4, -0.2) is 69.5 Å². The molecule has 6 atom stereocenters. The molecule has 0 aliphatic heterocycles. The molecule has 242 valence electrons. The molecule has 4 rings (SSSR count). The van der Waals surface area contributed by atoms with Crippen LogP contribution in [0.15, 0.2) is 36.4 Å². The van der Waals surface area contributed by atoms with E-state index in [1.807, 2.05) is 31.2 Å². The highest BCUT2D eigenvalue weighted by atomic mass is 16.6. The quantitative estimate of drug-likeness (QED) is 0.287. The van der Waals surface area contributed by atoms with E-state index in [-0.39, 0.29) is 30.8 Å². The van der Waals surface area contributed by atoms with Crippen LogP contribution < -0.4 is 29.6 Å². The van der Waals surface area contributed by atoms with Crippen molar-refractivity contribution in [2.45, 2.75) is 64.7 Å². The van der Waals surface area contributed by atoms with Gasteiger partial charge in [0.05, 0.1) is 46.8 Å². The number of ether oxygens (including phenoxy) is 5. The van der Waals surface area contributed by atoms with Crippen molar-refractivity contribution in [3.8, 4) is 23.0 Å². The lowest BCUT2D eigenvalue weighted by molar-refractivity contribution is -0.185. The monoisotopic (exact) mass is 614 g/mol. The minimum Gasteiger partial charge on any atom is -0.496 e. The molecule has 0 bridgehead atoms. The number of nitrogens with one attached hydrogen (secondary N) is 2. The number of hydrogen-bond donors (Lipinski definition) is 4. The summed E-state index contributed by atoms with van der Waals surface area (Å²) in [6.45, 7) is 4.14. The summed E-state index contributed by atoms with van der Waals surface area (Å²) in [7, 11) is 6.07. The summed E-state index contributed by atoms with van der Waals surface area (Å²) in [6.07, 6.45) is 0.469. The molecule has 0 spiro atoms. The van der Waals surface area contributed by atoms with Crippen LogP contribution in [-0.2, 0) is 16.1 Å². The Hall–Kier alpha value is -3.70. The first-order valence-corrected chi connectivity index (χ1v) is 15.0. The lowest BCUT2D eigenvalue weighted by Gasteiger charge is -2.60. The van der Waals surface area contributed by atoms with Crippen molar-refractivity contribution in [3.63, 3.8) is 0 Å². The number of carbonyl (C=O) groups is 2. The van der Waals surface area contributed by atoms with Crippen LogP contribution in [0.4, 0.5) is 10.5 Å². The highest BCUT2D eigenvalue weighted by Crippen LogP contribution is 2.61. The number of hydrogen-bond acceptors (Lipinski definition) is 9. The van der Waals surface area contributed by atoms with Gasteiger partial charge in [-0.05, 0) is 49.0 Å². The number of methoxy groups -OCH3 is 4. The Morgan fingerprint density at radius 2 is 1.59 bits per heavy atom. The van der Waals surface area contributed by atoms with E-state index in [2.05, 4.69) is 17.6 Å². The Bertz CT molecular complexity index is 1290. The molecule has 2 fully saturated rings. The Morgan fingerprint density at radius 1 is 0.932 bits per heavy atom. The van der Waals surface area contributed by atoms with Gasteiger partial charge in [0.2, 0.25) is 11.7 Å². The maximum atomic E-state index is 13.2. The molecule has 0 saturated heterocycles. The molecule has 2 aliphatic carbocycles. The second kappa shape index (κ2) is 13.9. The zero-order valence-corrected chi connectivity index (χ0v) is 26.5. The molecule has 1 unspecified atom stereocenters. The lowest BCUT2D eigenvalue weighted by Crippen LogP contribution is -2.61. The SMILES string of the molecule is COc1ccccc1CNC(=O)C[C@@H]1[C@H](O)CCC2[C@](C)(CO)[C@H](OC(=O)Nc3cc(OC)c(OC)c(OC)c3)CC[C@]21C. The van der Waals surface area contributed by atoms with E-state index in [1.54, 1.807) is 19.2 Å². The molecule has 2 aromatic carbocycles. The van der Waals surface area contributed by atoms with Crippen LogP contribution in [0.5, 0.6) is 23.0 Å². The smallest absolute Gasteiger partial charge is 0.411 e. The maximum absolute atomic E-state index is 13.2. The van der Waals surface area contributed by atoms with E-state index in [9.17, 15) is 19.8 Å². The van der Waals surface area contributed by atoms with Crippen LogP contribution in [0.25, 0.3) is 0 Å². The first-order chi connectivity index (χ1) is 21.0. The summed E-state index contributed by atoms with van der Waals surface area (Å²) in [6, 6.07) is 10.7. The van der Waals surface area contributed by atoms with Gasteiger partial charge in [0.1, 0.15) is 11.9 Å². The normalized spacial score (nSPS) is 27.8. The van der Waals surface area contributed by atoms with Crippen molar-refractivity contribution in [3.05, 3.63) is 42.0 Å². The molecule has 0 radical (unpaired) electrons. The molecule has 0 aromatic heterocycles. The van der Waals surface area contributed by atoms with Crippen LogP contribution in [0.3, 0.4) is 0 Å². The average Bonchev–Trinajstić information content (AvgIpc) is 3.02. The molecule has 2 aliphatic rings. The van der Waals surface area contributed by atoms with Crippen LogP contribution in [0.1, 0.15) is 51.5 Å². The van der Waals surface area contributed by atoms with Crippen molar-refractivity contribution in [2.24, 2.45) is 22.7 Å². The van der Waals surface area contributed by atoms with E-state index in [1.165, 1.54) is 21.3 Å². The van der Waals surface area contributed by atoms with Gasteiger partial charge in [-0.15, -0.1) is 0 Å². The number of para-hydroxylation sites is 1. The minimum atomic E-state index is -0.786. The van der Waals surface area contributed by atoms with Gasteiger partial charge in [-0.1, -0.05) is 32.0 Å². The Kier molecular flexibility index (Phi) is 10.5. The van der Waals surface area contributed by atoms with Gasteiger partial charge in [-0.2, -0.15) is 0 Å². The average molecular weight is 615 g/mol. The Morgan fingerprint density at radius 3 is 2.20 bits per heavy atom. The highest BCUT2D eigenvalue weighted by Gasteiger charge is 2.60. The van der Waals surface area contributed by atoms with Crippen molar-refractivity contribution in [2.75, 3.05) is 40.4 Å². The van der Waals surface area contributed by atoms with Gasteiger partial charge in [0, 0.05) is 36.1 Å². The third-order valence-electron chi connectivity index (χ3n) is 9.91. The third kappa shape index (κ3) is 6.53. The lowest BCUT2D eigenvalue weighted by atomic mass is 9.46. The Balaban J connectivity index is 1.47. The molecule has 2 amide bonds. The zero-order chi connectivity index (χ0) is 32.1. The summed E-state index contributed by atoms with van der Waals surface area (Å²) in [5, 5.41) is 27.6. The first-order valence-electron chi connectivity index (χ1n) is 15.0. The van der Waals surface area contributed by atoms with Gasteiger partial charge >= 0.3 is 6.09 Å². The van der Waals surface area contributed by atoms with Crippen molar-refractivity contribution in [1.29, 1.82) is 0 Å². The number of amides is 2. The molecule has 11 heteroatoms. The van der Waals surface area contributed by atoms with Gasteiger partial charge in [-0.25, -0.2) is 4.79 Å². The van der Waals surface area contributed by atoms with Crippen molar-refractivity contribution < 1.29 is 43.5 Å². The predicted molar refractivity (Wildman–Crippen MR) is 164 cm³/mol. The summed E-state index contributed by atoms with van der Waals surface area (Å²) >= 11 is 0. The largest absolute Gasteiger partial charge is 0.496 e. The molecule has 11 nitrogen and oxygen atoms in total. The predicted octanol–water partition coefficient (Wildman–Crippen LogP) is 4.53. The standard InChI is InChI=1S/C33H46N2O9/c1-32-14-13-28(44-31(39)35-21-15-25(41-4)30(43-6)26(16-21)42-5)33(2,19-36)27(32)12-11-23(37)22(32)17-29(38)34-18-20-9-7-8-10-24(20)40-3/h7-10,15-16,22-23,27-28,36-37H,11-14,17-19H2,1-6H3,(H,34,38)(H,35,39)/t22-,23-,27?,28-,32+,33+/m1/s1. The Labute approximate surface area is 259 Å². The fourth-order valence-corrected chi connectivity index (χ4v) is 7.52. The van der Waals surface area contributed by atoms with E-state index in [0.29, 0.717) is 60.9 Å². The number of rotatable bonds is 11. The molecular formula is C33H46N2O9. The second-order valence-corrected chi connectivity index (χ2v) is 12.2. The van der Waals surface area contributed by atoms with Gasteiger partial charge in [-0.3, -0.25) is 10.1 Å². The number of anilines is 1.